The van der Waals surface area contributed by atoms with Crippen molar-refractivity contribution in [2.45, 2.75) is 40.0 Å². The highest BCUT2D eigenvalue weighted by Gasteiger charge is 2.13. The molecule has 0 aliphatic rings. The SMILES string of the molecule is COC(=O)Cc1c(C)nc(C(C)C)nc1C. The Morgan fingerprint density at radius 1 is 1.25 bits per heavy atom. The molecule has 1 heterocycles. The van der Waals surface area contributed by atoms with Gasteiger partial charge in [0.1, 0.15) is 5.82 Å². The zero-order valence-electron chi connectivity index (χ0n) is 10.5. The van der Waals surface area contributed by atoms with E-state index in [-0.39, 0.29) is 12.4 Å². The van der Waals surface area contributed by atoms with Crippen molar-refractivity contribution >= 4 is 5.97 Å². The molecule has 1 aromatic heterocycles. The first kappa shape index (κ1) is 12.6. The third kappa shape index (κ3) is 2.78. The maximum Gasteiger partial charge on any atom is 0.310 e. The third-order valence-electron chi connectivity index (χ3n) is 2.50. The van der Waals surface area contributed by atoms with E-state index in [0.717, 1.165) is 22.8 Å². The summed E-state index contributed by atoms with van der Waals surface area (Å²) in [5.74, 6) is 0.861. The van der Waals surface area contributed by atoms with Crippen LogP contribution >= 0.6 is 0 Å². The van der Waals surface area contributed by atoms with E-state index in [1.54, 1.807) is 0 Å². The van der Waals surface area contributed by atoms with Gasteiger partial charge in [0.2, 0.25) is 0 Å². The van der Waals surface area contributed by atoms with E-state index in [2.05, 4.69) is 14.7 Å². The van der Waals surface area contributed by atoms with Crippen LogP contribution in [0.15, 0.2) is 0 Å². The molecule has 0 spiro atoms. The fraction of sp³-hybridized carbons (Fsp3) is 0.583. The van der Waals surface area contributed by atoms with Crippen molar-refractivity contribution in [2.24, 2.45) is 0 Å². The van der Waals surface area contributed by atoms with Crippen LogP contribution in [0, 0.1) is 13.8 Å². The lowest BCUT2D eigenvalue weighted by Crippen LogP contribution is -2.12. The number of methoxy groups -OCH3 is 1. The predicted molar refractivity (Wildman–Crippen MR) is 61.3 cm³/mol. The maximum absolute atomic E-state index is 11.2. The van der Waals surface area contributed by atoms with Gasteiger partial charge in [0.25, 0.3) is 0 Å². The molecule has 0 amide bonds. The molecule has 0 saturated carbocycles. The average molecular weight is 222 g/mol. The first-order valence-corrected chi connectivity index (χ1v) is 5.36. The van der Waals surface area contributed by atoms with Crippen molar-refractivity contribution in [1.82, 2.24) is 9.97 Å². The molecule has 88 valence electrons. The van der Waals surface area contributed by atoms with Crippen LogP contribution in [0.2, 0.25) is 0 Å². The van der Waals surface area contributed by atoms with Crippen LogP contribution in [-0.4, -0.2) is 23.0 Å². The van der Waals surface area contributed by atoms with Gasteiger partial charge in [-0.1, -0.05) is 13.8 Å². The van der Waals surface area contributed by atoms with Gasteiger partial charge < -0.3 is 4.74 Å². The van der Waals surface area contributed by atoms with Crippen LogP contribution in [0.1, 0.15) is 42.5 Å². The number of esters is 1. The Balaban J connectivity index is 3.07. The van der Waals surface area contributed by atoms with Gasteiger partial charge in [-0.2, -0.15) is 0 Å². The van der Waals surface area contributed by atoms with Crippen molar-refractivity contribution in [3.05, 3.63) is 22.8 Å². The van der Waals surface area contributed by atoms with Gasteiger partial charge >= 0.3 is 5.97 Å². The minimum atomic E-state index is -0.257. The van der Waals surface area contributed by atoms with E-state index in [1.165, 1.54) is 7.11 Å². The normalized spacial score (nSPS) is 10.6. The number of ether oxygens (including phenoxy) is 1. The first-order valence-electron chi connectivity index (χ1n) is 5.36. The Morgan fingerprint density at radius 3 is 2.12 bits per heavy atom. The largest absolute Gasteiger partial charge is 0.469 e. The minimum Gasteiger partial charge on any atom is -0.469 e. The lowest BCUT2D eigenvalue weighted by Gasteiger charge is -2.11. The van der Waals surface area contributed by atoms with Gasteiger partial charge in [-0.25, -0.2) is 9.97 Å². The van der Waals surface area contributed by atoms with Crippen LogP contribution in [0.4, 0.5) is 0 Å². The summed E-state index contributed by atoms with van der Waals surface area (Å²) in [5.41, 5.74) is 2.60. The quantitative estimate of drug-likeness (QED) is 0.733. The fourth-order valence-corrected chi connectivity index (χ4v) is 1.50. The van der Waals surface area contributed by atoms with E-state index in [9.17, 15) is 4.79 Å². The van der Waals surface area contributed by atoms with Crippen LogP contribution in [0.5, 0.6) is 0 Å². The molecule has 0 saturated heterocycles. The summed E-state index contributed by atoms with van der Waals surface area (Å²) in [6.45, 7) is 7.90. The lowest BCUT2D eigenvalue weighted by atomic mass is 10.1. The number of carbonyl (C=O) groups excluding carboxylic acids is 1. The standard InChI is InChI=1S/C12H18N2O2/c1-7(2)12-13-8(3)10(9(4)14-12)6-11(15)16-5/h7H,6H2,1-5H3. The molecule has 0 radical (unpaired) electrons. The Hall–Kier alpha value is -1.45. The highest BCUT2D eigenvalue weighted by Crippen LogP contribution is 2.16. The molecule has 1 rings (SSSR count). The molecule has 0 aliphatic carbocycles. The molecule has 4 heteroatoms. The summed E-state index contributed by atoms with van der Waals surface area (Å²) in [5, 5.41) is 0. The van der Waals surface area contributed by atoms with E-state index >= 15 is 0 Å². The van der Waals surface area contributed by atoms with Crippen molar-refractivity contribution in [2.75, 3.05) is 7.11 Å². The zero-order valence-corrected chi connectivity index (χ0v) is 10.5. The van der Waals surface area contributed by atoms with Crippen LogP contribution in [0.25, 0.3) is 0 Å². The van der Waals surface area contributed by atoms with Gasteiger partial charge in [-0.05, 0) is 13.8 Å². The van der Waals surface area contributed by atoms with Crippen molar-refractivity contribution < 1.29 is 9.53 Å². The van der Waals surface area contributed by atoms with Crippen LogP contribution in [-0.2, 0) is 16.0 Å². The van der Waals surface area contributed by atoms with Crippen LogP contribution < -0.4 is 0 Å². The van der Waals surface area contributed by atoms with Crippen molar-refractivity contribution in [3.8, 4) is 0 Å². The third-order valence-corrected chi connectivity index (χ3v) is 2.50. The Morgan fingerprint density at radius 2 is 1.75 bits per heavy atom. The summed E-state index contributed by atoms with van der Waals surface area (Å²) >= 11 is 0. The van der Waals surface area contributed by atoms with Gasteiger partial charge in [0, 0.05) is 22.9 Å². The number of rotatable bonds is 3. The summed E-state index contributed by atoms with van der Waals surface area (Å²) in [6, 6.07) is 0. The second-order valence-corrected chi connectivity index (χ2v) is 4.14. The monoisotopic (exact) mass is 222 g/mol. The topological polar surface area (TPSA) is 52.1 Å². The molecule has 0 aliphatic heterocycles. The molecule has 0 atom stereocenters. The summed E-state index contributed by atoms with van der Waals surface area (Å²) < 4.78 is 4.65. The molecule has 0 aromatic carbocycles. The molecule has 0 N–H and O–H groups in total. The number of aromatic nitrogens is 2. The fourth-order valence-electron chi connectivity index (χ4n) is 1.50. The molecular formula is C12H18N2O2. The Kier molecular flexibility index (Phi) is 3.99. The zero-order chi connectivity index (χ0) is 12.3. The lowest BCUT2D eigenvalue weighted by molar-refractivity contribution is -0.139. The molecule has 16 heavy (non-hydrogen) atoms. The highest BCUT2D eigenvalue weighted by atomic mass is 16.5. The van der Waals surface area contributed by atoms with E-state index in [1.807, 2.05) is 27.7 Å². The Labute approximate surface area is 96.1 Å². The molecule has 1 aromatic rings. The molecule has 0 bridgehead atoms. The van der Waals surface area contributed by atoms with Gasteiger partial charge in [-0.15, -0.1) is 0 Å². The van der Waals surface area contributed by atoms with E-state index in [4.69, 9.17) is 0 Å². The second-order valence-electron chi connectivity index (χ2n) is 4.14. The average Bonchev–Trinajstić information content (AvgIpc) is 2.22. The Bertz CT molecular complexity index is 377. The van der Waals surface area contributed by atoms with E-state index in [0.29, 0.717) is 5.92 Å². The number of nitrogens with zero attached hydrogens (tertiary/aromatic N) is 2. The number of carbonyl (C=O) groups is 1. The van der Waals surface area contributed by atoms with Crippen molar-refractivity contribution in [1.29, 1.82) is 0 Å². The summed E-state index contributed by atoms with van der Waals surface area (Å²) in [7, 11) is 1.39. The van der Waals surface area contributed by atoms with Gasteiger partial charge in [-0.3, -0.25) is 4.79 Å². The van der Waals surface area contributed by atoms with E-state index < -0.39 is 0 Å². The summed E-state index contributed by atoms with van der Waals surface area (Å²) in [6.07, 6.45) is 0.243. The molecule has 4 nitrogen and oxygen atoms in total. The van der Waals surface area contributed by atoms with Gasteiger partial charge in [0.15, 0.2) is 0 Å². The smallest absolute Gasteiger partial charge is 0.310 e. The molecule has 0 unspecified atom stereocenters. The first-order chi connectivity index (χ1) is 7.45. The minimum absolute atomic E-state index is 0.243. The van der Waals surface area contributed by atoms with Gasteiger partial charge in [0.05, 0.1) is 13.5 Å². The molecule has 0 fully saturated rings. The number of aryl methyl sites for hydroxylation is 2. The molecular weight excluding hydrogens is 204 g/mol. The number of hydrogen-bond acceptors (Lipinski definition) is 4. The van der Waals surface area contributed by atoms with Crippen LogP contribution in [0.3, 0.4) is 0 Å². The highest BCUT2D eigenvalue weighted by molar-refractivity contribution is 5.73. The second kappa shape index (κ2) is 5.05. The predicted octanol–water partition coefficient (Wildman–Crippen LogP) is 1.93. The van der Waals surface area contributed by atoms with Crippen molar-refractivity contribution in [3.63, 3.8) is 0 Å². The number of hydrogen-bond donors (Lipinski definition) is 0. The summed E-state index contributed by atoms with van der Waals surface area (Å²) in [4.78, 5) is 20.0. The maximum atomic E-state index is 11.2.